The highest BCUT2D eigenvalue weighted by Gasteiger charge is 2.27. The molecule has 0 aromatic heterocycles. The minimum Gasteiger partial charge on any atom is -0.481 e. The molecule has 16 heavy (non-hydrogen) atoms. The molecule has 0 radical (unpaired) electrons. The smallest absolute Gasteiger partial charge is 0.310 e. The predicted octanol–water partition coefficient (Wildman–Crippen LogP) is 1.24. The molecule has 1 aliphatic rings. The van der Waals surface area contributed by atoms with Crippen LogP contribution in [0.15, 0.2) is 0 Å². The van der Waals surface area contributed by atoms with Crippen LogP contribution in [-0.2, 0) is 4.79 Å². The molecule has 0 aliphatic heterocycles. The van der Waals surface area contributed by atoms with E-state index in [0.717, 1.165) is 32.2 Å². The zero-order valence-corrected chi connectivity index (χ0v) is 10.2. The maximum Gasteiger partial charge on any atom is 0.310 e. The molecule has 1 saturated carbocycles. The maximum absolute atomic E-state index is 10.9. The SMILES string of the molecule is CC(C)(CNCC1CCC(O)CC1)C(=O)O. The van der Waals surface area contributed by atoms with Gasteiger partial charge in [-0.15, -0.1) is 0 Å². The molecule has 0 unspecified atom stereocenters. The van der Waals surface area contributed by atoms with E-state index in [1.165, 1.54) is 0 Å². The summed E-state index contributed by atoms with van der Waals surface area (Å²) >= 11 is 0. The highest BCUT2D eigenvalue weighted by atomic mass is 16.4. The van der Waals surface area contributed by atoms with E-state index in [-0.39, 0.29) is 6.10 Å². The van der Waals surface area contributed by atoms with Gasteiger partial charge in [-0.2, -0.15) is 0 Å². The summed E-state index contributed by atoms with van der Waals surface area (Å²) in [6, 6.07) is 0. The van der Waals surface area contributed by atoms with Gasteiger partial charge in [0.05, 0.1) is 11.5 Å². The lowest BCUT2D eigenvalue weighted by Gasteiger charge is -2.27. The van der Waals surface area contributed by atoms with Crippen molar-refractivity contribution in [2.45, 2.75) is 45.6 Å². The Morgan fingerprint density at radius 1 is 1.31 bits per heavy atom. The Morgan fingerprint density at radius 2 is 1.88 bits per heavy atom. The van der Waals surface area contributed by atoms with Crippen LogP contribution in [0.5, 0.6) is 0 Å². The minimum atomic E-state index is -0.765. The number of rotatable bonds is 5. The van der Waals surface area contributed by atoms with Crippen LogP contribution in [0.3, 0.4) is 0 Å². The van der Waals surface area contributed by atoms with E-state index in [1.54, 1.807) is 13.8 Å². The van der Waals surface area contributed by atoms with Gasteiger partial charge >= 0.3 is 5.97 Å². The minimum absolute atomic E-state index is 0.119. The van der Waals surface area contributed by atoms with Gasteiger partial charge in [0.1, 0.15) is 0 Å². The van der Waals surface area contributed by atoms with Crippen molar-refractivity contribution in [2.75, 3.05) is 13.1 Å². The Labute approximate surface area is 97.0 Å². The van der Waals surface area contributed by atoms with Crippen LogP contribution < -0.4 is 5.32 Å². The van der Waals surface area contributed by atoms with Gasteiger partial charge in [0, 0.05) is 6.54 Å². The molecule has 0 saturated heterocycles. The van der Waals surface area contributed by atoms with Crippen molar-refractivity contribution in [3.05, 3.63) is 0 Å². The number of nitrogens with one attached hydrogen (secondary N) is 1. The normalized spacial score (nSPS) is 26.7. The van der Waals surface area contributed by atoms with E-state index in [2.05, 4.69) is 5.32 Å². The first-order valence-electron chi connectivity index (χ1n) is 6.04. The van der Waals surface area contributed by atoms with E-state index in [1.807, 2.05) is 0 Å². The number of aliphatic carboxylic acids is 1. The second-order valence-corrected chi connectivity index (χ2v) is 5.49. The molecule has 4 nitrogen and oxygen atoms in total. The number of carboxylic acids is 1. The highest BCUT2D eigenvalue weighted by molar-refractivity contribution is 5.73. The predicted molar refractivity (Wildman–Crippen MR) is 62.3 cm³/mol. The summed E-state index contributed by atoms with van der Waals surface area (Å²) in [5.74, 6) is -0.174. The van der Waals surface area contributed by atoms with Crippen molar-refractivity contribution in [2.24, 2.45) is 11.3 Å². The molecule has 0 heterocycles. The van der Waals surface area contributed by atoms with Crippen LogP contribution in [0.1, 0.15) is 39.5 Å². The lowest BCUT2D eigenvalue weighted by atomic mass is 9.87. The van der Waals surface area contributed by atoms with E-state index in [4.69, 9.17) is 5.11 Å². The van der Waals surface area contributed by atoms with Gasteiger partial charge in [-0.25, -0.2) is 0 Å². The number of aliphatic hydroxyl groups excluding tert-OH is 1. The average Bonchev–Trinajstić information content (AvgIpc) is 2.20. The Bertz CT molecular complexity index is 232. The van der Waals surface area contributed by atoms with E-state index in [9.17, 15) is 9.90 Å². The molecule has 1 aliphatic carbocycles. The summed E-state index contributed by atoms with van der Waals surface area (Å²) in [5, 5.41) is 21.5. The summed E-state index contributed by atoms with van der Waals surface area (Å²) in [6.45, 7) is 4.82. The van der Waals surface area contributed by atoms with Crippen molar-refractivity contribution in [1.29, 1.82) is 0 Å². The Morgan fingerprint density at radius 3 is 2.38 bits per heavy atom. The first-order valence-corrected chi connectivity index (χ1v) is 6.04. The largest absolute Gasteiger partial charge is 0.481 e. The molecule has 0 bridgehead atoms. The highest BCUT2D eigenvalue weighted by Crippen LogP contribution is 2.23. The molecule has 0 atom stereocenters. The molecular weight excluding hydrogens is 206 g/mol. The van der Waals surface area contributed by atoms with Crippen molar-refractivity contribution in [3.8, 4) is 0 Å². The molecule has 0 aromatic carbocycles. The van der Waals surface area contributed by atoms with Crippen molar-refractivity contribution in [3.63, 3.8) is 0 Å². The van der Waals surface area contributed by atoms with Gasteiger partial charge < -0.3 is 15.5 Å². The van der Waals surface area contributed by atoms with Gasteiger partial charge in [0.15, 0.2) is 0 Å². The standard InChI is InChI=1S/C12H23NO3/c1-12(2,11(15)16)8-13-7-9-3-5-10(14)6-4-9/h9-10,13-14H,3-8H2,1-2H3,(H,15,16). The topological polar surface area (TPSA) is 69.6 Å². The van der Waals surface area contributed by atoms with Crippen molar-refractivity contribution >= 4 is 5.97 Å². The van der Waals surface area contributed by atoms with Crippen molar-refractivity contribution in [1.82, 2.24) is 5.32 Å². The fourth-order valence-corrected chi connectivity index (χ4v) is 2.01. The van der Waals surface area contributed by atoms with Crippen molar-refractivity contribution < 1.29 is 15.0 Å². The summed E-state index contributed by atoms with van der Waals surface area (Å²) < 4.78 is 0. The van der Waals surface area contributed by atoms with Gasteiger partial charge in [-0.3, -0.25) is 4.79 Å². The first kappa shape index (κ1) is 13.5. The Hall–Kier alpha value is -0.610. The molecule has 0 amide bonds. The third kappa shape index (κ3) is 4.10. The number of carboxylic acid groups (broad SMARTS) is 1. The summed E-state index contributed by atoms with van der Waals surface area (Å²) in [5.41, 5.74) is -0.700. The van der Waals surface area contributed by atoms with Gasteiger partial charge in [0.25, 0.3) is 0 Å². The fourth-order valence-electron chi connectivity index (χ4n) is 2.01. The maximum atomic E-state index is 10.9. The summed E-state index contributed by atoms with van der Waals surface area (Å²) in [7, 11) is 0. The van der Waals surface area contributed by atoms with Crippen LogP contribution in [-0.4, -0.2) is 35.4 Å². The van der Waals surface area contributed by atoms with E-state index in [0.29, 0.717) is 12.5 Å². The zero-order valence-electron chi connectivity index (χ0n) is 10.2. The molecule has 94 valence electrons. The monoisotopic (exact) mass is 229 g/mol. The number of hydrogen-bond donors (Lipinski definition) is 3. The number of aliphatic hydroxyl groups is 1. The Kier molecular flexibility index (Phi) is 4.74. The Balaban J connectivity index is 2.18. The average molecular weight is 229 g/mol. The second kappa shape index (κ2) is 5.64. The fraction of sp³-hybridized carbons (Fsp3) is 0.917. The molecule has 3 N–H and O–H groups in total. The van der Waals surface area contributed by atoms with E-state index >= 15 is 0 Å². The molecular formula is C12H23NO3. The summed E-state index contributed by atoms with van der Waals surface area (Å²) in [6.07, 6.45) is 3.74. The molecule has 1 rings (SSSR count). The second-order valence-electron chi connectivity index (χ2n) is 5.49. The number of carbonyl (C=O) groups is 1. The molecule has 0 aromatic rings. The quantitative estimate of drug-likeness (QED) is 0.663. The summed E-state index contributed by atoms with van der Waals surface area (Å²) in [4.78, 5) is 10.9. The van der Waals surface area contributed by atoms with Gasteiger partial charge in [-0.1, -0.05) is 0 Å². The molecule has 1 fully saturated rings. The lowest BCUT2D eigenvalue weighted by Crippen LogP contribution is -2.38. The van der Waals surface area contributed by atoms with Crippen LogP contribution in [0.25, 0.3) is 0 Å². The number of hydrogen-bond acceptors (Lipinski definition) is 3. The molecule has 4 heteroatoms. The lowest BCUT2D eigenvalue weighted by molar-refractivity contribution is -0.146. The van der Waals surface area contributed by atoms with Crippen LogP contribution in [0.2, 0.25) is 0 Å². The third-order valence-corrected chi connectivity index (χ3v) is 3.40. The van der Waals surface area contributed by atoms with Crippen LogP contribution >= 0.6 is 0 Å². The first-order chi connectivity index (χ1) is 7.42. The zero-order chi connectivity index (χ0) is 12.2. The van der Waals surface area contributed by atoms with Crippen LogP contribution in [0.4, 0.5) is 0 Å². The third-order valence-electron chi connectivity index (χ3n) is 3.40. The molecule has 0 spiro atoms. The van der Waals surface area contributed by atoms with Gasteiger partial charge in [-0.05, 0) is 52.0 Å². The van der Waals surface area contributed by atoms with E-state index < -0.39 is 11.4 Å². The van der Waals surface area contributed by atoms with Gasteiger partial charge in [0.2, 0.25) is 0 Å². The van der Waals surface area contributed by atoms with Crippen LogP contribution in [0, 0.1) is 11.3 Å².